The van der Waals surface area contributed by atoms with Gasteiger partial charge in [-0.05, 0) is 66.3 Å². The number of carbonyl (C=O) groups is 1. The lowest BCUT2D eigenvalue weighted by atomic mass is 9.76. The minimum absolute atomic E-state index is 0.0906. The highest BCUT2D eigenvalue weighted by Crippen LogP contribution is 2.52. The topological polar surface area (TPSA) is 72.0 Å². The van der Waals surface area contributed by atoms with Gasteiger partial charge in [-0.1, -0.05) is 54.1 Å². The molecular weight excluding hydrogens is 530 g/mol. The zero-order chi connectivity index (χ0) is 27.4. The molecule has 3 aromatic carbocycles. The van der Waals surface area contributed by atoms with E-state index in [2.05, 4.69) is 46.2 Å². The third-order valence-electron chi connectivity index (χ3n) is 7.31. The number of carbonyl (C=O) groups excluding carboxylic acids is 1. The molecule has 0 saturated carbocycles. The predicted molar refractivity (Wildman–Crippen MR) is 160 cm³/mol. The first kappa shape index (κ1) is 27.2. The summed E-state index contributed by atoms with van der Waals surface area (Å²) in [4.78, 5) is 12.4. The van der Waals surface area contributed by atoms with Crippen molar-refractivity contribution in [3.63, 3.8) is 0 Å². The summed E-state index contributed by atoms with van der Waals surface area (Å²) in [6.45, 7) is 1.92. The number of hydrogen-bond donors (Lipinski definition) is 2. The molecule has 1 aliphatic heterocycles. The number of nitrogens with one attached hydrogen (secondary N) is 2. The zero-order valence-corrected chi connectivity index (χ0v) is 23.8. The number of fused-ring (bicyclic) bond motifs is 3. The van der Waals surface area contributed by atoms with Crippen LogP contribution in [-0.2, 0) is 10.5 Å². The van der Waals surface area contributed by atoms with Crippen molar-refractivity contribution >= 4 is 40.7 Å². The van der Waals surface area contributed by atoms with E-state index in [4.69, 9.17) is 21.1 Å². The fourth-order valence-corrected chi connectivity index (χ4v) is 6.28. The summed E-state index contributed by atoms with van der Waals surface area (Å²) < 4.78 is 11.3. The number of ether oxygens (including phenoxy) is 2. The Labute approximate surface area is 238 Å². The van der Waals surface area contributed by atoms with E-state index in [1.54, 1.807) is 26.0 Å². The molecule has 8 heteroatoms. The van der Waals surface area contributed by atoms with E-state index < -0.39 is 0 Å². The molecule has 0 spiro atoms. The lowest BCUT2D eigenvalue weighted by molar-refractivity contribution is -0.118. The van der Waals surface area contributed by atoms with E-state index in [0.717, 1.165) is 51.8 Å². The van der Waals surface area contributed by atoms with Gasteiger partial charge in [0, 0.05) is 27.9 Å². The van der Waals surface area contributed by atoms with Crippen LogP contribution in [0.2, 0.25) is 5.02 Å². The monoisotopic (exact) mass is 561 g/mol. The summed E-state index contributed by atoms with van der Waals surface area (Å²) in [6, 6.07) is 20.1. The van der Waals surface area contributed by atoms with Crippen molar-refractivity contribution in [1.82, 2.24) is 5.43 Å². The molecule has 1 aliphatic carbocycles. The van der Waals surface area contributed by atoms with Crippen LogP contribution in [-0.4, -0.2) is 31.6 Å². The number of allylic oxidation sites excluding steroid dienone is 2. The molecule has 2 N–H and O–H groups in total. The smallest absolute Gasteiger partial charge is 0.250 e. The fourth-order valence-electron chi connectivity index (χ4n) is 5.37. The molecule has 39 heavy (non-hydrogen) atoms. The SMILES string of the molecule is COc1cccc([C@@H]2Nc3ccc(/C(C)=N\NC(=O)CSCc4ccc(Cl)cc4)cc3[C@@H]3C=CC[C@@H]32)c1OC. The summed E-state index contributed by atoms with van der Waals surface area (Å²) >= 11 is 7.48. The van der Waals surface area contributed by atoms with Gasteiger partial charge in [-0.2, -0.15) is 5.10 Å². The number of benzene rings is 3. The second kappa shape index (κ2) is 12.2. The molecule has 0 saturated heterocycles. The maximum atomic E-state index is 12.4. The van der Waals surface area contributed by atoms with Crippen LogP contribution in [0.15, 0.2) is 77.9 Å². The van der Waals surface area contributed by atoms with E-state index >= 15 is 0 Å². The van der Waals surface area contributed by atoms with Gasteiger partial charge in [0.05, 0.1) is 31.7 Å². The van der Waals surface area contributed by atoms with Gasteiger partial charge in [-0.3, -0.25) is 4.79 Å². The van der Waals surface area contributed by atoms with Crippen molar-refractivity contribution < 1.29 is 14.3 Å². The summed E-state index contributed by atoms with van der Waals surface area (Å²) in [5.41, 5.74) is 9.02. The molecule has 5 rings (SSSR count). The normalized spacial score (nSPS) is 19.6. The molecule has 3 aromatic rings. The molecule has 2 aliphatic rings. The summed E-state index contributed by atoms with van der Waals surface area (Å²) in [5.74, 6) is 3.07. The lowest BCUT2D eigenvalue weighted by Crippen LogP contribution is -2.29. The third kappa shape index (κ3) is 5.94. The first-order valence-electron chi connectivity index (χ1n) is 12.9. The Kier molecular flexibility index (Phi) is 8.48. The van der Waals surface area contributed by atoms with Crippen molar-refractivity contribution in [1.29, 1.82) is 0 Å². The minimum Gasteiger partial charge on any atom is -0.493 e. The number of halogens is 1. The Morgan fingerprint density at radius 3 is 2.69 bits per heavy atom. The Balaban J connectivity index is 1.28. The second-order valence-corrected chi connectivity index (χ2v) is 11.1. The number of anilines is 1. The zero-order valence-electron chi connectivity index (χ0n) is 22.2. The van der Waals surface area contributed by atoms with Crippen LogP contribution in [0.3, 0.4) is 0 Å². The number of hydrogen-bond acceptors (Lipinski definition) is 6. The Morgan fingerprint density at radius 1 is 1.10 bits per heavy atom. The molecule has 1 heterocycles. The van der Waals surface area contributed by atoms with E-state index in [9.17, 15) is 4.79 Å². The van der Waals surface area contributed by atoms with Gasteiger partial charge in [0.25, 0.3) is 0 Å². The summed E-state index contributed by atoms with van der Waals surface area (Å²) in [5, 5.41) is 8.87. The standard InChI is InChI=1S/C31H32ClN3O3S/c1-19(34-35-29(36)18-39-17-20-10-13-22(32)14-11-20)21-12-15-27-26(16-21)23-6-4-7-24(23)30(33-27)25-8-5-9-28(37-2)31(25)38-3/h4-6,8-16,23-24,30,33H,7,17-18H2,1-3H3,(H,35,36)/b34-19-/t23-,24+,30-/m1/s1. The van der Waals surface area contributed by atoms with Gasteiger partial charge in [-0.25, -0.2) is 5.43 Å². The van der Waals surface area contributed by atoms with Crippen LogP contribution < -0.4 is 20.2 Å². The first-order chi connectivity index (χ1) is 19.0. The van der Waals surface area contributed by atoms with E-state index in [1.807, 2.05) is 49.4 Å². The van der Waals surface area contributed by atoms with Crippen molar-refractivity contribution in [3.8, 4) is 11.5 Å². The summed E-state index contributed by atoms with van der Waals surface area (Å²) in [7, 11) is 3.35. The number of methoxy groups -OCH3 is 2. The quantitative estimate of drug-likeness (QED) is 0.168. The molecule has 0 aromatic heterocycles. The van der Waals surface area contributed by atoms with Crippen LogP contribution in [0.4, 0.5) is 5.69 Å². The Hall–Kier alpha value is -3.42. The maximum absolute atomic E-state index is 12.4. The highest BCUT2D eigenvalue weighted by molar-refractivity contribution is 7.99. The van der Waals surface area contributed by atoms with Crippen LogP contribution >= 0.6 is 23.4 Å². The Morgan fingerprint density at radius 2 is 1.92 bits per heavy atom. The molecular formula is C31H32ClN3O3S. The van der Waals surface area contributed by atoms with Crippen LogP contribution in [0.25, 0.3) is 0 Å². The average molecular weight is 562 g/mol. The van der Waals surface area contributed by atoms with Crippen LogP contribution in [0.5, 0.6) is 11.5 Å². The van der Waals surface area contributed by atoms with Gasteiger partial charge in [-0.15, -0.1) is 11.8 Å². The highest BCUT2D eigenvalue weighted by atomic mass is 35.5. The molecule has 1 amide bonds. The first-order valence-corrected chi connectivity index (χ1v) is 14.5. The third-order valence-corrected chi connectivity index (χ3v) is 8.57. The number of nitrogens with zero attached hydrogens (tertiary/aromatic N) is 1. The van der Waals surface area contributed by atoms with Crippen molar-refractivity contribution in [2.75, 3.05) is 25.3 Å². The minimum atomic E-state index is -0.123. The average Bonchev–Trinajstić information content (AvgIpc) is 3.46. The lowest BCUT2D eigenvalue weighted by Gasteiger charge is -2.38. The molecule has 6 nitrogen and oxygen atoms in total. The molecule has 3 atom stereocenters. The van der Waals surface area contributed by atoms with E-state index in [-0.39, 0.29) is 17.9 Å². The molecule has 0 unspecified atom stereocenters. The largest absolute Gasteiger partial charge is 0.493 e. The van der Waals surface area contributed by atoms with Crippen molar-refractivity contribution in [2.24, 2.45) is 11.0 Å². The van der Waals surface area contributed by atoms with Crippen LogP contribution in [0, 0.1) is 5.92 Å². The number of thioether (sulfide) groups is 1. The number of hydrazone groups is 1. The number of rotatable bonds is 9. The number of amides is 1. The van der Waals surface area contributed by atoms with Crippen molar-refractivity contribution in [3.05, 3.63) is 100 Å². The number of para-hydroxylation sites is 1. The van der Waals surface area contributed by atoms with Gasteiger partial charge in [0.15, 0.2) is 11.5 Å². The maximum Gasteiger partial charge on any atom is 0.250 e. The molecule has 0 fully saturated rings. The fraction of sp³-hybridized carbons (Fsp3) is 0.290. The highest BCUT2D eigenvalue weighted by Gasteiger charge is 2.39. The van der Waals surface area contributed by atoms with E-state index in [0.29, 0.717) is 16.7 Å². The van der Waals surface area contributed by atoms with E-state index in [1.165, 1.54) is 5.56 Å². The van der Waals surface area contributed by atoms with Gasteiger partial charge < -0.3 is 14.8 Å². The van der Waals surface area contributed by atoms with Crippen LogP contribution in [0.1, 0.15) is 47.6 Å². The van der Waals surface area contributed by atoms with Gasteiger partial charge in [0.2, 0.25) is 5.91 Å². The Bertz CT molecular complexity index is 1410. The van der Waals surface area contributed by atoms with Gasteiger partial charge >= 0.3 is 0 Å². The molecule has 0 radical (unpaired) electrons. The second-order valence-electron chi connectivity index (χ2n) is 9.71. The summed E-state index contributed by atoms with van der Waals surface area (Å²) in [6.07, 6.45) is 5.55. The van der Waals surface area contributed by atoms with Crippen molar-refractivity contribution in [2.45, 2.75) is 31.1 Å². The predicted octanol–water partition coefficient (Wildman–Crippen LogP) is 6.96. The van der Waals surface area contributed by atoms with Gasteiger partial charge in [0.1, 0.15) is 0 Å². The molecule has 0 bridgehead atoms. The molecule has 202 valence electrons.